The van der Waals surface area contributed by atoms with Crippen LogP contribution in [0.5, 0.6) is 0 Å². The van der Waals surface area contributed by atoms with Crippen molar-refractivity contribution in [2.45, 2.75) is 38.6 Å². The van der Waals surface area contributed by atoms with Crippen molar-refractivity contribution in [1.29, 1.82) is 0 Å². The van der Waals surface area contributed by atoms with E-state index in [1.165, 1.54) is 13.0 Å². The van der Waals surface area contributed by atoms with Gasteiger partial charge >= 0.3 is 0 Å². The molecule has 2 amide bonds. The number of pyridine rings is 1. The molecule has 1 aliphatic rings. The van der Waals surface area contributed by atoms with E-state index in [0.717, 1.165) is 30.8 Å². The van der Waals surface area contributed by atoms with Gasteiger partial charge in [-0.25, -0.2) is 9.37 Å². The van der Waals surface area contributed by atoms with Crippen molar-refractivity contribution in [1.82, 2.24) is 10.3 Å². The van der Waals surface area contributed by atoms with Gasteiger partial charge in [0, 0.05) is 35.4 Å². The van der Waals surface area contributed by atoms with Gasteiger partial charge in [0.15, 0.2) is 0 Å². The van der Waals surface area contributed by atoms with Crippen LogP contribution in [0.3, 0.4) is 0 Å². The van der Waals surface area contributed by atoms with E-state index in [1.807, 2.05) is 18.2 Å². The zero-order chi connectivity index (χ0) is 20.4. The van der Waals surface area contributed by atoms with Crippen LogP contribution >= 0.6 is 0 Å². The minimum Gasteiger partial charge on any atom is -0.464 e. The standard InChI is InChI=1S/C22H22FN3O3/c1-13(27)25-16-6-2-5-15(10-16)22(28)26-20-11-18(19(23)12-24-20)17-7-3-4-14-8-9-29-21(14)17/h3-4,7-9,11-12,15-16H,2,5-6,10H2,1H3,(H,25,27)(H,24,26,28)/t15-,16+/m0/s1. The molecular formula is C22H22FN3O3. The Balaban J connectivity index is 1.54. The Bertz CT molecular complexity index is 1060. The van der Waals surface area contributed by atoms with Gasteiger partial charge in [-0.05, 0) is 31.4 Å². The number of halogens is 1. The van der Waals surface area contributed by atoms with E-state index in [0.29, 0.717) is 23.1 Å². The maximum atomic E-state index is 14.5. The molecule has 29 heavy (non-hydrogen) atoms. The van der Waals surface area contributed by atoms with Crippen molar-refractivity contribution in [3.63, 3.8) is 0 Å². The Hall–Kier alpha value is -3.22. The number of hydrogen-bond acceptors (Lipinski definition) is 4. The minimum absolute atomic E-state index is 0.00490. The summed E-state index contributed by atoms with van der Waals surface area (Å²) in [5, 5.41) is 6.56. The smallest absolute Gasteiger partial charge is 0.228 e. The number of para-hydroxylation sites is 1. The fraction of sp³-hybridized carbons (Fsp3) is 0.318. The average Bonchev–Trinajstić information content (AvgIpc) is 3.18. The lowest BCUT2D eigenvalue weighted by molar-refractivity contribution is -0.123. The summed E-state index contributed by atoms with van der Waals surface area (Å²) in [6, 6.07) is 8.84. The zero-order valence-electron chi connectivity index (χ0n) is 16.1. The Morgan fingerprint density at radius 2 is 2.07 bits per heavy atom. The van der Waals surface area contributed by atoms with Gasteiger partial charge in [0.2, 0.25) is 11.8 Å². The SMILES string of the molecule is CC(=O)N[C@@H]1CCC[C@H](C(=O)Nc2cc(-c3cccc4ccoc34)c(F)cn2)C1. The van der Waals surface area contributed by atoms with Gasteiger partial charge < -0.3 is 15.1 Å². The summed E-state index contributed by atoms with van der Waals surface area (Å²) in [6.07, 6.45) is 5.74. The molecule has 1 aliphatic carbocycles. The first kappa shape index (κ1) is 19.1. The van der Waals surface area contributed by atoms with Crippen LogP contribution in [-0.4, -0.2) is 22.8 Å². The molecule has 150 valence electrons. The number of benzene rings is 1. The van der Waals surface area contributed by atoms with E-state index in [-0.39, 0.29) is 29.6 Å². The van der Waals surface area contributed by atoms with Crippen LogP contribution in [0.2, 0.25) is 0 Å². The minimum atomic E-state index is -0.490. The van der Waals surface area contributed by atoms with E-state index >= 15 is 0 Å². The summed E-state index contributed by atoms with van der Waals surface area (Å²) in [6.45, 7) is 1.48. The predicted molar refractivity (Wildman–Crippen MR) is 108 cm³/mol. The number of rotatable bonds is 4. The molecule has 1 aromatic carbocycles. The molecule has 2 N–H and O–H groups in total. The van der Waals surface area contributed by atoms with Crippen LogP contribution in [-0.2, 0) is 9.59 Å². The molecule has 2 heterocycles. The zero-order valence-corrected chi connectivity index (χ0v) is 16.1. The van der Waals surface area contributed by atoms with Gasteiger partial charge in [-0.2, -0.15) is 0 Å². The molecule has 0 spiro atoms. The highest BCUT2D eigenvalue weighted by Crippen LogP contribution is 2.32. The van der Waals surface area contributed by atoms with Crippen LogP contribution in [0.4, 0.5) is 10.2 Å². The fourth-order valence-corrected chi connectivity index (χ4v) is 3.99. The topological polar surface area (TPSA) is 84.2 Å². The maximum Gasteiger partial charge on any atom is 0.228 e. The highest BCUT2D eigenvalue weighted by atomic mass is 19.1. The average molecular weight is 395 g/mol. The van der Waals surface area contributed by atoms with Gasteiger partial charge in [-0.3, -0.25) is 9.59 Å². The van der Waals surface area contributed by atoms with Crippen LogP contribution in [0.1, 0.15) is 32.6 Å². The molecule has 0 aliphatic heterocycles. The first-order valence-electron chi connectivity index (χ1n) is 9.71. The number of amides is 2. The third kappa shape index (κ3) is 4.13. The largest absolute Gasteiger partial charge is 0.464 e. The first-order valence-corrected chi connectivity index (χ1v) is 9.71. The molecule has 1 fully saturated rings. The Kier molecular flexibility index (Phi) is 5.29. The van der Waals surface area contributed by atoms with E-state index in [2.05, 4.69) is 15.6 Å². The number of anilines is 1. The Morgan fingerprint density at radius 3 is 2.90 bits per heavy atom. The molecule has 0 saturated heterocycles. The number of fused-ring (bicyclic) bond motifs is 1. The Morgan fingerprint density at radius 1 is 1.21 bits per heavy atom. The van der Waals surface area contributed by atoms with Gasteiger partial charge in [0.1, 0.15) is 17.2 Å². The second-order valence-corrected chi connectivity index (χ2v) is 7.44. The highest BCUT2D eigenvalue weighted by molar-refractivity contribution is 5.95. The van der Waals surface area contributed by atoms with Crippen LogP contribution in [0, 0.1) is 11.7 Å². The molecule has 2 atom stereocenters. The number of aromatic nitrogens is 1. The first-order chi connectivity index (χ1) is 14.0. The maximum absolute atomic E-state index is 14.5. The summed E-state index contributed by atoms with van der Waals surface area (Å²) in [5.74, 6) is -0.675. The molecule has 6 nitrogen and oxygen atoms in total. The van der Waals surface area contributed by atoms with E-state index in [9.17, 15) is 14.0 Å². The molecule has 0 radical (unpaired) electrons. The molecule has 3 aromatic rings. The predicted octanol–water partition coefficient (Wildman–Crippen LogP) is 4.27. The lowest BCUT2D eigenvalue weighted by atomic mass is 9.85. The molecule has 2 aromatic heterocycles. The van der Waals surface area contributed by atoms with E-state index in [4.69, 9.17) is 4.42 Å². The van der Waals surface area contributed by atoms with Crippen molar-refractivity contribution in [2.75, 3.05) is 5.32 Å². The molecular weight excluding hydrogens is 373 g/mol. The Labute approximate surface area is 167 Å². The van der Waals surface area contributed by atoms with Crippen LogP contribution < -0.4 is 10.6 Å². The van der Waals surface area contributed by atoms with Crippen molar-refractivity contribution in [3.05, 3.63) is 48.6 Å². The summed E-state index contributed by atoms with van der Waals surface area (Å²) < 4.78 is 20.0. The second kappa shape index (κ2) is 8.03. The molecule has 0 unspecified atom stereocenters. The van der Waals surface area contributed by atoms with Crippen molar-refractivity contribution < 1.29 is 18.4 Å². The van der Waals surface area contributed by atoms with Gasteiger partial charge in [-0.1, -0.05) is 24.6 Å². The van der Waals surface area contributed by atoms with E-state index in [1.54, 1.807) is 12.3 Å². The fourth-order valence-electron chi connectivity index (χ4n) is 3.99. The number of carbonyl (C=O) groups excluding carboxylic acids is 2. The summed E-state index contributed by atoms with van der Waals surface area (Å²) in [4.78, 5) is 28.0. The third-order valence-corrected chi connectivity index (χ3v) is 5.33. The highest BCUT2D eigenvalue weighted by Gasteiger charge is 2.28. The molecule has 4 rings (SSSR count). The summed E-state index contributed by atoms with van der Waals surface area (Å²) in [5.41, 5.74) is 1.50. The molecule has 7 heteroatoms. The monoisotopic (exact) mass is 395 g/mol. The number of hydrogen-bond donors (Lipinski definition) is 2. The van der Waals surface area contributed by atoms with Gasteiger partial charge in [0.25, 0.3) is 0 Å². The van der Waals surface area contributed by atoms with Crippen LogP contribution in [0.25, 0.3) is 22.1 Å². The number of nitrogens with one attached hydrogen (secondary N) is 2. The second-order valence-electron chi connectivity index (χ2n) is 7.44. The van der Waals surface area contributed by atoms with Crippen molar-refractivity contribution in [2.24, 2.45) is 5.92 Å². The van der Waals surface area contributed by atoms with Crippen LogP contribution in [0.15, 0.2) is 47.2 Å². The lowest BCUT2D eigenvalue weighted by Gasteiger charge is -2.28. The number of furan rings is 1. The van der Waals surface area contributed by atoms with Crippen molar-refractivity contribution in [3.8, 4) is 11.1 Å². The normalized spacial score (nSPS) is 19.1. The lowest BCUT2D eigenvalue weighted by Crippen LogP contribution is -2.40. The molecule has 0 bridgehead atoms. The van der Waals surface area contributed by atoms with Gasteiger partial charge in [0.05, 0.1) is 12.5 Å². The number of carbonyl (C=O) groups is 2. The summed E-state index contributed by atoms with van der Waals surface area (Å²) >= 11 is 0. The van der Waals surface area contributed by atoms with Gasteiger partial charge in [-0.15, -0.1) is 0 Å². The van der Waals surface area contributed by atoms with Crippen molar-refractivity contribution >= 4 is 28.6 Å². The quantitative estimate of drug-likeness (QED) is 0.691. The third-order valence-electron chi connectivity index (χ3n) is 5.33. The molecule has 1 saturated carbocycles. The van der Waals surface area contributed by atoms with E-state index < -0.39 is 5.82 Å². The summed E-state index contributed by atoms with van der Waals surface area (Å²) in [7, 11) is 0. The number of nitrogens with zero attached hydrogens (tertiary/aromatic N) is 1.